The van der Waals surface area contributed by atoms with E-state index in [2.05, 4.69) is 34.1 Å². The Morgan fingerprint density at radius 3 is 2.89 bits per heavy atom. The molecule has 3 heteroatoms. The van der Waals surface area contributed by atoms with Crippen LogP contribution in [0.15, 0.2) is 30.5 Å². The average Bonchev–Trinajstić information content (AvgIpc) is 3.15. The Balaban J connectivity index is 1.72. The molecule has 1 aliphatic rings. The summed E-state index contributed by atoms with van der Waals surface area (Å²) in [7, 11) is 0. The second-order valence-electron chi connectivity index (χ2n) is 5.49. The van der Waals surface area contributed by atoms with Crippen molar-refractivity contribution in [3.8, 4) is 0 Å². The van der Waals surface area contributed by atoms with Gasteiger partial charge in [-0.15, -0.1) is 0 Å². The van der Waals surface area contributed by atoms with Crippen LogP contribution in [0, 0.1) is 0 Å². The third-order valence-electron chi connectivity index (χ3n) is 3.98. The number of nitrogens with one attached hydrogen (secondary N) is 1. The van der Waals surface area contributed by atoms with Crippen molar-refractivity contribution in [2.45, 2.75) is 38.3 Å². The standard InChI is InChI=1S/C16H22N2O/c19-11-2-1-10-18(14-6-7-14)12-13-4-3-5-16-15(13)8-9-17-16/h3-5,8-9,14,17,19H,1-2,6-7,10-12H2. The molecule has 102 valence electrons. The maximum absolute atomic E-state index is 8.91. The van der Waals surface area contributed by atoms with E-state index >= 15 is 0 Å². The van der Waals surface area contributed by atoms with Gasteiger partial charge in [0.1, 0.15) is 0 Å². The third kappa shape index (κ3) is 2.99. The highest BCUT2D eigenvalue weighted by Crippen LogP contribution is 2.30. The highest BCUT2D eigenvalue weighted by Gasteiger charge is 2.28. The highest BCUT2D eigenvalue weighted by atomic mass is 16.2. The molecule has 1 aliphatic carbocycles. The number of benzene rings is 1. The molecule has 0 unspecified atom stereocenters. The van der Waals surface area contributed by atoms with E-state index in [4.69, 9.17) is 5.11 Å². The molecule has 0 amide bonds. The molecule has 0 spiro atoms. The minimum Gasteiger partial charge on any atom is -0.396 e. The second kappa shape index (κ2) is 5.76. The molecule has 1 fully saturated rings. The van der Waals surface area contributed by atoms with Crippen LogP contribution in [0.1, 0.15) is 31.2 Å². The first-order valence-electron chi connectivity index (χ1n) is 7.28. The first kappa shape index (κ1) is 12.7. The molecule has 1 saturated carbocycles. The average molecular weight is 258 g/mol. The Morgan fingerprint density at radius 1 is 1.21 bits per heavy atom. The number of unbranched alkanes of at least 4 members (excludes halogenated alkanes) is 1. The normalized spacial score (nSPS) is 15.5. The summed E-state index contributed by atoms with van der Waals surface area (Å²) in [5.41, 5.74) is 2.64. The molecule has 0 radical (unpaired) electrons. The summed E-state index contributed by atoms with van der Waals surface area (Å²) < 4.78 is 0. The monoisotopic (exact) mass is 258 g/mol. The summed E-state index contributed by atoms with van der Waals surface area (Å²) in [6.07, 6.45) is 6.69. The topological polar surface area (TPSA) is 39.3 Å². The van der Waals surface area contributed by atoms with E-state index < -0.39 is 0 Å². The van der Waals surface area contributed by atoms with Gasteiger partial charge >= 0.3 is 0 Å². The Labute approximate surface area is 114 Å². The minimum absolute atomic E-state index is 0.311. The molecule has 19 heavy (non-hydrogen) atoms. The van der Waals surface area contributed by atoms with Gasteiger partial charge in [0.2, 0.25) is 0 Å². The molecule has 2 N–H and O–H groups in total. The van der Waals surface area contributed by atoms with Crippen LogP contribution >= 0.6 is 0 Å². The van der Waals surface area contributed by atoms with Crippen molar-refractivity contribution in [1.29, 1.82) is 0 Å². The Morgan fingerprint density at radius 2 is 2.11 bits per heavy atom. The molecule has 1 heterocycles. The number of aliphatic hydroxyl groups excluding tert-OH is 1. The summed E-state index contributed by atoms with van der Waals surface area (Å²) in [6.45, 7) is 2.45. The first-order valence-corrected chi connectivity index (χ1v) is 7.28. The van der Waals surface area contributed by atoms with Gasteiger partial charge in [-0.2, -0.15) is 0 Å². The van der Waals surface area contributed by atoms with E-state index in [0.717, 1.165) is 32.0 Å². The van der Waals surface area contributed by atoms with Gasteiger partial charge in [0.25, 0.3) is 0 Å². The van der Waals surface area contributed by atoms with Crippen LogP contribution in [-0.2, 0) is 6.54 Å². The van der Waals surface area contributed by atoms with Crippen molar-refractivity contribution in [3.63, 3.8) is 0 Å². The van der Waals surface area contributed by atoms with Crippen LogP contribution in [-0.4, -0.2) is 34.2 Å². The molecule has 1 aromatic heterocycles. The summed E-state index contributed by atoms with van der Waals surface area (Å²) in [6, 6.07) is 9.44. The number of aliphatic hydroxyl groups is 1. The zero-order chi connectivity index (χ0) is 13.1. The zero-order valence-electron chi connectivity index (χ0n) is 11.3. The summed E-state index contributed by atoms with van der Waals surface area (Å²) in [5.74, 6) is 0. The molecule has 0 bridgehead atoms. The fourth-order valence-electron chi connectivity index (χ4n) is 2.76. The van der Waals surface area contributed by atoms with Crippen molar-refractivity contribution >= 4 is 10.9 Å². The van der Waals surface area contributed by atoms with Crippen LogP contribution in [0.4, 0.5) is 0 Å². The van der Waals surface area contributed by atoms with Gasteiger partial charge in [-0.05, 0) is 49.9 Å². The molecular weight excluding hydrogens is 236 g/mol. The molecule has 2 aromatic rings. The number of aromatic amines is 1. The van der Waals surface area contributed by atoms with Crippen LogP contribution in [0.2, 0.25) is 0 Å². The van der Waals surface area contributed by atoms with E-state index in [1.807, 2.05) is 6.20 Å². The van der Waals surface area contributed by atoms with E-state index in [9.17, 15) is 0 Å². The number of aromatic nitrogens is 1. The summed E-state index contributed by atoms with van der Waals surface area (Å²) >= 11 is 0. The van der Waals surface area contributed by atoms with Crippen molar-refractivity contribution < 1.29 is 5.11 Å². The lowest BCUT2D eigenvalue weighted by Gasteiger charge is -2.22. The molecule has 3 rings (SSSR count). The van der Waals surface area contributed by atoms with Gasteiger partial charge in [-0.25, -0.2) is 0 Å². The lowest BCUT2D eigenvalue weighted by atomic mass is 10.1. The maximum Gasteiger partial charge on any atom is 0.0457 e. The quantitative estimate of drug-likeness (QED) is 0.750. The molecular formula is C16H22N2O. The predicted molar refractivity (Wildman–Crippen MR) is 78.1 cm³/mol. The fourth-order valence-corrected chi connectivity index (χ4v) is 2.76. The van der Waals surface area contributed by atoms with E-state index in [1.165, 1.54) is 29.3 Å². The molecule has 0 atom stereocenters. The number of fused-ring (bicyclic) bond motifs is 1. The molecule has 3 nitrogen and oxygen atoms in total. The van der Waals surface area contributed by atoms with Gasteiger partial charge in [-0.1, -0.05) is 12.1 Å². The Bertz CT molecular complexity index is 530. The zero-order valence-corrected chi connectivity index (χ0v) is 11.3. The van der Waals surface area contributed by atoms with Gasteiger partial charge < -0.3 is 10.1 Å². The van der Waals surface area contributed by atoms with Gasteiger partial charge in [0.05, 0.1) is 0 Å². The first-order chi connectivity index (χ1) is 9.38. The third-order valence-corrected chi connectivity index (χ3v) is 3.98. The molecule has 0 aliphatic heterocycles. The van der Waals surface area contributed by atoms with E-state index in [1.54, 1.807) is 0 Å². The van der Waals surface area contributed by atoms with E-state index in [-0.39, 0.29) is 0 Å². The van der Waals surface area contributed by atoms with Crippen LogP contribution in [0.5, 0.6) is 0 Å². The number of hydrogen-bond donors (Lipinski definition) is 2. The SMILES string of the molecule is OCCCCN(Cc1cccc2[nH]ccc12)C1CC1. The Kier molecular flexibility index (Phi) is 3.85. The fraction of sp³-hybridized carbons (Fsp3) is 0.500. The number of nitrogens with zero attached hydrogens (tertiary/aromatic N) is 1. The van der Waals surface area contributed by atoms with Crippen molar-refractivity contribution in [2.75, 3.05) is 13.2 Å². The second-order valence-corrected chi connectivity index (χ2v) is 5.49. The van der Waals surface area contributed by atoms with Gasteiger partial charge in [-0.3, -0.25) is 4.90 Å². The largest absolute Gasteiger partial charge is 0.396 e. The Hall–Kier alpha value is -1.32. The van der Waals surface area contributed by atoms with Crippen LogP contribution in [0.3, 0.4) is 0 Å². The maximum atomic E-state index is 8.91. The van der Waals surface area contributed by atoms with Crippen molar-refractivity contribution in [1.82, 2.24) is 9.88 Å². The van der Waals surface area contributed by atoms with Crippen LogP contribution < -0.4 is 0 Å². The number of hydrogen-bond acceptors (Lipinski definition) is 2. The smallest absolute Gasteiger partial charge is 0.0457 e. The van der Waals surface area contributed by atoms with Crippen molar-refractivity contribution in [3.05, 3.63) is 36.0 Å². The lowest BCUT2D eigenvalue weighted by Crippen LogP contribution is -2.27. The van der Waals surface area contributed by atoms with E-state index in [0.29, 0.717) is 6.61 Å². The predicted octanol–water partition coefficient (Wildman–Crippen LogP) is 2.90. The number of rotatable bonds is 7. The lowest BCUT2D eigenvalue weighted by molar-refractivity contribution is 0.229. The minimum atomic E-state index is 0.311. The van der Waals surface area contributed by atoms with Crippen LogP contribution in [0.25, 0.3) is 10.9 Å². The number of H-pyrrole nitrogens is 1. The molecule has 1 aromatic carbocycles. The highest BCUT2D eigenvalue weighted by molar-refractivity contribution is 5.82. The van der Waals surface area contributed by atoms with Gasteiger partial charge in [0.15, 0.2) is 0 Å². The summed E-state index contributed by atoms with van der Waals surface area (Å²) in [4.78, 5) is 5.86. The molecule has 0 saturated heterocycles. The van der Waals surface area contributed by atoms with Gasteiger partial charge in [0, 0.05) is 36.3 Å². The summed E-state index contributed by atoms with van der Waals surface area (Å²) in [5, 5.41) is 10.3. The van der Waals surface area contributed by atoms with Crippen molar-refractivity contribution in [2.24, 2.45) is 0 Å².